The van der Waals surface area contributed by atoms with E-state index in [4.69, 9.17) is 9.15 Å². The number of carbonyl (C=O) groups is 1. The van der Waals surface area contributed by atoms with Gasteiger partial charge in [0.15, 0.2) is 12.3 Å². The number of aromatic nitrogens is 2. The van der Waals surface area contributed by atoms with Gasteiger partial charge in [0.25, 0.3) is 5.91 Å². The third kappa shape index (κ3) is 4.89. The fourth-order valence-electron chi connectivity index (χ4n) is 2.29. The summed E-state index contributed by atoms with van der Waals surface area (Å²) in [5.41, 5.74) is 2.04. The number of ether oxygens (including phenoxy) is 1. The third-order valence-electron chi connectivity index (χ3n) is 3.57. The van der Waals surface area contributed by atoms with Crippen molar-refractivity contribution >= 4 is 5.91 Å². The molecule has 0 bridgehead atoms. The van der Waals surface area contributed by atoms with E-state index in [-0.39, 0.29) is 29.9 Å². The van der Waals surface area contributed by atoms with Gasteiger partial charge < -0.3 is 14.5 Å². The number of hydrogen-bond donors (Lipinski definition) is 1. The van der Waals surface area contributed by atoms with Gasteiger partial charge in [-0.1, -0.05) is 6.07 Å². The monoisotopic (exact) mass is 355 g/mol. The molecular weight excluding hydrogens is 337 g/mol. The van der Waals surface area contributed by atoms with Crippen molar-refractivity contribution in [3.8, 4) is 5.75 Å². The summed E-state index contributed by atoms with van der Waals surface area (Å²) < 4.78 is 23.5. The molecule has 1 N–H and O–H groups in total. The van der Waals surface area contributed by atoms with Gasteiger partial charge in [-0.05, 0) is 43.3 Å². The molecule has 0 unspecified atom stereocenters. The van der Waals surface area contributed by atoms with Crippen LogP contribution in [0.4, 0.5) is 4.39 Å². The molecule has 0 aliphatic carbocycles. The van der Waals surface area contributed by atoms with E-state index in [2.05, 4.69) is 15.3 Å². The lowest BCUT2D eigenvalue weighted by Crippen LogP contribution is -2.26. The first kappa shape index (κ1) is 17.6. The zero-order chi connectivity index (χ0) is 18.4. The third-order valence-corrected chi connectivity index (χ3v) is 3.57. The Bertz CT molecular complexity index is 878. The molecule has 6 nitrogen and oxygen atoms in total. The molecule has 2 aromatic heterocycles. The molecule has 0 spiro atoms. The van der Waals surface area contributed by atoms with E-state index < -0.39 is 0 Å². The Balaban J connectivity index is 1.47. The molecular formula is C19H18FN3O3. The second kappa shape index (κ2) is 8.24. The first-order chi connectivity index (χ1) is 12.6. The molecule has 0 aliphatic rings. The summed E-state index contributed by atoms with van der Waals surface area (Å²) in [7, 11) is 0. The average molecular weight is 355 g/mol. The maximum Gasteiger partial charge on any atom is 0.273 e. The highest BCUT2D eigenvalue weighted by Gasteiger charge is 2.12. The van der Waals surface area contributed by atoms with Crippen molar-refractivity contribution in [1.29, 1.82) is 0 Å². The minimum atomic E-state index is -0.340. The van der Waals surface area contributed by atoms with Gasteiger partial charge in [0.1, 0.15) is 17.8 Å². The summed E-state index contributed by atoms with van der Waals surface area (Å²) in [4.78, 5) is 20.6. The van der Waals surface area contributed by atoms with Crippen LogP contribution in [0, 0.1) is 12.7 Å². The number of halogens is 1. The van der Waals surface area contributed by atoms with E-state index in [1.165, 1.54) is 30.5 Å². The number of pyridine rings is 1. The summed E-state index contributed by atoms with van der Waals surface area (Å²) in [6, 6.07) is 11.4. The standard InChI is InChI=1S/C19H18FN3O3/c1-13-3-2-4-15(22-13)9-10-21-19(24)17-11-26-18(23-17)12-25-16-7-5-14(20)6-8-16/h2-8,11H,9-10,12H2,1H3,(H,21,24). The SMILES string of the molecule is Cc1cccc(CCNC(=O)c2coc(COc3ccc(F)cc3)n2)n1. The van der Waals surface area contributed by atoms with Crippen molar-refractivity contribution in [3.05, 3.63) is 77.5 Å². The van der Waals surface area contributed by atoms with E-state index in [1.807, 2.05) is 25.1 Å². The largest absolute Gasteiger partial charge is 0.484 e. The zero-order valence-electron chi connectivity index (χ0n) is 14.2. The van der Waals surface area contributed by atoms with Gasteiger partial charge in [-0.25, -0.2) is 9.37 Å². The first-order valence-electron chi connectivity index (χ1n) is 8.13. The molecule has 1 aromatic carbocycles. The van der Waals surface area contributed by atoms with Crippen LogP contribution >= 0.6 is 0 Å². The molecule has 0 radical (unpaired) electrons. The van der Waals surface area contributed by atoms with Crippen molar-refractivity contribution < 1.29 is 18.3 Å². The van der Waals surface area contributed by atoms with Crippen LogP contribution in [0.5, 0.6) is 5.75 Å². The van der Waals surface area contributed by atoms with E-state index in [0.29, 0.717) is 18.7 Å². The topological polar surface area (TPSA) is 77.2 Å². The Labute approximate surface area is 150 Å². The molecule has 134 valence electrons. The number of carbonyl (C=O) groups excluding carboxylic acids is 1. The minimum absolute atomic E-state index is 0.0477. The van der Waals surface area contributed by atoms with Crippen LogP contribution in [0.1, 0.15) is 27.8 Å². The number of oxazole rings is 1. The number of aryl methyl sites for hydroxylation is 1. The highest BCUT2D eigenvalue weighted by molar-refractivity contribution is 5.91. The lowest BCUT2D eigenvalue weighted by molar-refractivity contribution is 0.0949. The minimum Gasteiger partial charge on any atom is -0.484 e. The molecule has 1 amide bonds. The molecule has 0 saturated carbocycles. The zero-order valence-corrected chi connectivity index (χ0v) is 14.2. The Morgan fingerprint density at radius 3 is 2.77 bits per heavy atom. The number of amides is 1. The van der Waals surface area contributed by atoms with Gasteiger partial charge in [-0.3, -0.25) is 9.78 Å². The highest BCUT2D eigenvalue weighted by atomic mass is 19.1. The Morgan fingerprint density at radius 1 is 1.19 bits per heavy atom. The highest BCUT2D eigenvalue weighted by Crippen LogP contribution is 2.13. The van der Waals surface area contributed by atoms with E-state index in [1.54, 1.807) is 0 Å². The summed E-state index contributed by atoms with van der Waals surface area (Å²) in [5, 5.41) is 2.78. The molecule has 0 atom stereocenters. The second-order valence-corrected chi connectivity index (χ2v) is 5.65. The van der Waals surface area contributed by atoms with Crippen LogP contribution in [0.3, 0.4) is 0 Å². The van der Waals surface area contributed by atoms with Crippen molar-refractivity contribution in [2.45, 2.75) is 20.0 Å². The number of nitrogens with one attached hydrogen (secondary N) is 1. The maximum atomic E-state index is 12.8. The summed E-state index contributed by atoms with van der Waals surface area (Å²) in [6.07, 6.45) is 1.91. The number of benzene rings is 1. The molecule has 0 fully saturated rings. The van der Waals surface area contributed by atoms with Crippen LogP contribution < -0.4 is 10.1 Å². The van der Waals surface area contributed by atoms with Crippen molar-refractivity contribution in [3.63, 3.8) is 0 Å². The molecule has 0 saturated heterocycles. The summed E-state index contributed by atoms with van der Waals surface area (Å²) >= 11 is 0. The molecule has 2 heterocycles. The number of nitrogens with zero attached hydrogens (tertiary/aromatic N) is 2. The fraction of sp³-hybridized carbons (Fsp3) is 0.211. The predicted molar refractivity (Wildman–Crippen MR) is 92.2 cm³/mol. The smallest absolute Gasteiger partial charge is 0.273 e. The molecule has 3 rings (SSSR count). The van der Waals surface area contributed by atoms with Crippen LogP contribution in [0.2, 0.25) is 0 Å². The predicted octanol–water partition coefficient (Wildman–Crippen LogP) is 3.07. The maximum absolute atomic E-state index is 12.8. The normalized spacial score (nSPS) is 10.5. The van der Waals surface area contributed by atoms with Crippen LogP contribution in [-0.4, -0.2) is 22.4 Å². The van der Waals surface area contributed by atoms with Gasteiger partial charge in [0, 0.05) is 24.4 Å². The Morgan fingerprint density at radius 2 is 2.00 bits per heavy atom. The second-order valence-electron chi connectivity index (χ2n) is 5.65. The van der Waals surface area contributed by atoms with Crippen LogP contribution in [0.15, 0.2) is 53.1 Å². The Hall–Kier alpha value is -3.22. The van der Waals surface area contributed by atoms with Crippen molar-refractivity contribution in [2.75, 3.05) is 6.54 Å². The number of hydrogen-bond acceptors (Lipinski definition) is 5. The average Bonchev–Trinajstić information content (AvgIpc) is 3.10. The van der Waals surface area contributed by atoms with Gasteiger partial charge >= 0.3 is 0 Å². The molecule has 3 aromatic rings. The lowest BCUT2D eigenvalue weighted by atomic mass is 10.2. The van der Waals surface area contributed by atoms with Crippen LogP contribution in [0.25, 0.3) is 0 Å². The van der Waals surface area contributed by atoms with Gasteiger partial charge in [0.2, 0.25) is 5.89 Å². The Kier molecular flexibility index (Phi) is 5.58. The fourth-order valence-corrected chi connectivity index (χ4v) is 2.29. The molecule has 7 heteroatoms. The van der Waals surface area contributed by atoms with Gasteiger partial charge in [-0.2, -0.15) is 0 Å². The molecule has 26 heavy (non-hydrogen) atoms. The van der Waals surface area contributed by atoms with E-state index >= 15 is 0 Å². The van der Waals surface area contributed by atoms with Gasteiger partial charge in [-0.15, -0.1) is 0 Å². The lowest BCUT2D eigenvalue weighted by Gasteiger charge is -2.03. The van der Waals surface area contributed by atoms with Gasteiger partial charge in [0.05, 0.1) is 0 Å². The summed E-state index contributed by atoms with van der Waals surface area (Å²) in [6.45, 7) is 2.42. The quantitative estimate of drug-likeness (QED) is 0.705. The van der Waals surface area contributed by atoms with Crippen molar-refractivity contribution in [1.82, 2.24) is 15.3 Å². The molecule has 0 aliphatic heterocycles. The summed E-state index contributed by atoms with van der Waals surface area (Å²) in [5.74, 6) is 0.0869. The number of rotatable bonds is 7. The van der Waals surface area contributed by atoms with E-state index in [0.717, 1.165) is 11.4 Å². The first-order valence-corrected chi connectivity index (χ1v) is 8.13. The van der Waals surface area contributed by atoms with Crippen molar-refractivity contribution in [2.24, 2.45) is 0 Å². The van der Waals surface area contributed by atoms with E-state index in [9.17, 15) is 9.18 Å². The van der Waals surface area contributed by atoms with Crippen LogP contribution in [-0.2, 0) is 13.0 Å².